The summed E-state index contributed by atoms with van der Waals surface area (Å²) in [5.74, 6) is 1.20. The van der Waals surface area contributed by atoms with E-state index in [2.05, 4.69) is 28.3 Å². The summed E-state index contributed by atoms with van der Waals surface area (Å²) < 4.78 is 0. The first kappa shape index (κ1) is 14.3. The molecule has 3 rings (SSSR count). The van der Waals surface area contributed by atoms with Gasteiger partial charge in [0.15, 0.2) is 0 Å². The second-order valence-corrected chi connectivity index (χ2v) is 6.34. The van der Waals surface area contributed by atoms with Crippen molar-refractivity contribution in [2.24, 2.45) is 5.92 Å². The maximum atomic E-state index is 9.65. The Bertz CT molecular complexity index is 672. The molecule has 1 N–H and O–H groups in total. The Morgan fingerprint density at radius 2 is 2.19 bits per heavy atom. The standard InChI is InChI=1S/C16H18N4S/c1-2-20-16(9-17,12-7-8-12)10-21-15-13-5-3-4-6-14(13)18-11-19-15/h3-6,11-12,20H,2,7-8,10H2,1H3. The normalized spacial score (nSPS) is 17.3. The van der Waals surface area contributed by atoms with E-state index in [0.29, 0.717) is 5.92 Å². The summed E-state index contributed by atoms with van der Waals surface area (Å²) in [6.45, 7) is 2.87. The SMILES string of the molecule is CCNC(C#N)(CSc1ncnc2ccccc12)C1CC1. The minimum absolute atomic E-state index is 0.425. The molecule has 4 nitrogen and oxygen atoms in total. The first-order valence-electron chi connectivity index (χ1n) is 7.28. The number of hydrogen-bond donors (Lipinski definition) is 1. The van der Waals surface area contributed by atoms with Gasteiger partial charge in [-0.15, -0.1) is 11.8 Å². The van der Waals surface area contributed by atoms with Crippen LogP contribution in [0.4, 0.5) is 0 Å². The zero-order valence-electron chi connectivity index (χ0n) is 12.0. The molecule has 0 amide bonds. The second-order valence-electron chi connectivity index (χ2n) is 5.37. The molecule has 108 valence electrons. The quantitative estimate of drug-likeness (QED) is 0.656. The molecule has 1 aliphatic carbocycles. The fourth-order valence-electron chi connectivity index (χ4n) is 2.65. The van der Waals surface area contributed by atoms with Gasteiger partial charge in [0.1, 0.15) is 16.9 Å². The lowest BCUT2D eigenvalue weighted by Crippen LogP contribution is -2.48. The highest BCUT2D eigenvalue weighted by atomic mass is 32.2. The van der Waals surface area contributed by atoms with Crippen LogP contribution in [0, 0.1) is 17.2 Å². The van der Waals surface area contributed by atoms with E-state index in [4.69, 9.17) is 0 Å². The minimum Gasteiger partial charge on any atom is -0.299 e. The van der Waals surface area contributed by atoms with Crippen molar-refractivity contribution in [3.05, 3.63) is 30.6 Å². The maximum absolute atomic E-state index is 9.65. The van der Waals surface area contributed by atoms with Gasteiger partial charge in [0.05, 0.1) is 11.6 Å². The van der Waals surface area contributed by atoms with E-state index in [-0.39, 0.29) is 0 Å². The number of rotatable bonds is 6. The van der Waals surface area contributed by atoms with Crippen molar-refractivity contribution in [3.8, 4) is 6.07 Å². The summed E-state index contributed by atoms with van der Waals surface area (Å²) in [6.07, 6.45) is 3.89. The summed E-state index contributed by atoms with van der Waals surface area (Å²) in [4.78, 5) is 8.68. The molecule has 0 radical (unpaired) electrons. The van der Waals surface area contributed by atoms with Crippen molar-refractivity contribution in [1.29, 1.82) is 5.26 Å². The number of hydrogen-bond acceptors (Lipinski definition) is 5. The first-order valence-corrected chi connectivity index (χ1v) is 8.26. The molecule has 0 aliphatic heterocycles. The third-order valence-corrected chi connectivity index (χ3v) is 5.11. The first-order chi connectivity index (χ1) is 10.3. The minimum atomic E-state index is -0.425. The van der Waals surface area contributed by atoms with Crippen molar-refractivity contribution in [1.82, 2.24) is 15.3 Å². The van der Waals surface area contributed by atoms with Gasteiger partial charge in [-0.3, -0.25) is 5.32 Å². The highest BCUT2D eigenvalue weighted by Crippen LogP contribution is 2.42. The predicted octanol–water partition coefficient (Wildman–Crippen LogP) is 3.00. The molecule has 21 heavy (non-hydrogen) atoms. The van der Waals surface area contributed by atoms with E-state index in [1.807, 2.05) is 24.3 Å². The topological polar surface area (TPSA) is 61.6 Å². The van der Waals surface area contributed by atoms with Crippen LogP contribution in [0.3, 0.4) is 0 Å². The molecule has 1 aromatic heterocycles. The Labute approximate surface area is 129 Å². The Morgan fingerprint density at radius 1 is 1.38 bits per heavy atom. The summed E-state index contributed by atoms with van der Waals surface area (Å²) >= 11 is 1.65. The number of nitrogens with one attached hydrogen (secondary N) is 1. The summed E-state index contributed by atoms with van der Waals surface area (Å²) in [5.41, 5.74) is 0.526. The van der Waals surface area contributed by atoms with Crippen LogP contribution in [0.15, 0.2) is 35.6 Å². The highest BCUT2D eigenvalue weighted by molar-refractivity contribution is 7.99. The summed E-state index contributed by atoms with van der Waals surface area (Å²) in [6, 6.07) is 10.5. The second kappa shape index (κ2) is 6.00. The third kappa shape index (κ3) is 2.87. The summed E-state index contributed by atoms with van der Waals surface area (Å²) in [7, 11) is 0. The van der Waals surface area contributed by atoms with Gasteiger partial charge in [-0.05, 0) is 31.4 Å². The third-order valence-electron chi connectivity index (χ3n) is 3.91. The van der Waals surface area contributed by atoms with Gasteiger partial charge >= 0.3 is 0 Å². The van der Waals surface area contributed by atoms with Crippen LogP contribution in [0.5, 0.6) is 0 Å². The van der Waals surface area contributed by atoms with Crippen LogP contribution < -0.4 is 5.32 Å². The lowest BCUT2D eigenvalue weighted by molar-refractivity contribution is 0.416. The van der Waals surface area contributed by atoms with Crippen molar-refractivity contribution < 1.29 is 0 Å². The smallest absolute Gasteiger partial charge is 0.119 e. The average molecular weight is 298 g/mol. The Hall–Kier alpha value is -1.64. The van der Waals surface area contributed by atoms with E-state index in [1.165, 1.54) is 0 Å². The molecule has 1 fully saturated rings. The van der Waals surface area contributed by atoms with Crippen LogP contribution >= 0.6 is 11.8 Å². The molecule has 1 atom stereocenters. The van der Waals surface area contributed by atoms with Gasteiger partial charge in [-0.25, -0.2) is 9.97 Å². The van der Waals surface area contributed by atoms with Gasteiger partial charge in [-0.2, -0.15) is 5.26 Å². The number of fused-ring (bicyclic) bond motifs is 1. The van der Waals surface area contributed by atoms with Gasteiger partial charge in [0.25, 0.3) is 0 Å². The number of nitrogens with zero attached hydrogens (tertiary/aromatic N) is 3. The number of para-hydroxylation sites is 1. The van der Waals surface area contributed by atoms with Gasteiger partial charge in [-0.1, -0.05) is 25.1 Å². The van der Waals surface area contributed by atoms with Crippen molar-refractivity contribution in [2.75, 3.05) is 12.3 Å². The van der Waals surface area contributed by atoms with Crippen molar-refractivity contribution >= 4 is 22.7 Å². The molecular weight excluding hydrogens is 280 g/mol. The van der Waals surface area contributed by atoms with Crippen LogP contribution in [0.25, 0.3) is 10.9 Å². The van der Waals surface area contributed by atoms with Gasteiger partial charge in [0.2, 0.25) is 0 Å². The zero-order chi connectivity index (χ0) is 14.7. The zero-order valence-corrected chi connectivity index (χ0v) is 12.9. The van der Waals surface area contributed by atoms with E-state index < -0.39 is 5.54 Å². The van der Waals surface area contributed by atoms with Crippen molar-refractivity contribution in [2.45, 2.75) is 30.3 Å². The lowest BCUT2D eigenvalue weighted by atomic mass is 9.98. The average Bonchev–Trinajstić information content (AvgIpc) is 3.37. The van der Waals surface area contributed by atoms with E-state index in [9.17, 15) is 5.26 Å². The molecule has 0 saturated heterocycles. The Balaban J connectivity index is 1.83. The van der Waals surface area contributed by atoms with Gasteiger partial charge in [0, 0.05) is 11.1 Å². The summed E-state index contributed by atoms with van der Waals surface area (Å²) in [5, 5.41) is 15.1. The van der Waals surface area contributed by atoms with Crippen LogP contribution in [0.2, 0.25) is 0 Å². The number of nitriles is 1. The molecule has 2 aromatic rings. The lowest BCUT2D eigenvalue weighted by Gasteiger charge is -2.27. The van der Waals surface area contributed by atoms with Crippen LogP contribution in [0.1, 0.15) is 19.8 Å². The van der Waals surface area contributed by atoms with Gasteiger partial charge < -0.3 is 0 Å². The molecule has 1 unspecified atom stereocenters. The Morgan fingerprint density at radius 3 is 2.90 bits per heavy atom. The monoisotopic (exact) mass is 298 g/mol. The molecule has 5 heteroatoms. The molecule has 1 saturated carbocycles. The maximum Gasteiger partial charge on any atom is 0.119 e. The molecule has 1 heterocycles. The number of benzene rings is 1. The number of thioether (sulfide) groups is 1. The molecule has 1 aliphatic rings. The molecule has 1 aromatic carbocycles. The Kier molecular flexibility index (Phi) is 4.09. The highest BCUT2D eigenvalue weighted by Gasteiger charge is 2.45. The molecule has 0 spiro atoms. The van der Waals surface area contributed by atoms with E-state index in [1.54, 1.807) is 18.1 Å². The largest absolute Gasteiger partial charge is 0.299 e. The molecular formula is C16H18N4S. The van der Waals surface area contributed by atoms with Crippen LogP contribution in [-0.2, 0) is 0 Å². The van der Waals surface area contributed by atoms with Crippen molar-refractivity contribution in [3.63, 3.8) is 0 Å². The van der Waals surface area contributed by atoms with Crippen LogP contribution in [-0.4, -0.2) is 27.8 Å². The molecule has 0 bridgehead atoms. The fraction of sp³-hybridized carbons (Fsp3) is 0.438. The van der Waals surface area contributed by atoms with E-state index in [0.717, 1.165) is 41.1 Å². The van der Waals surface area contributed by atoms with E-state index >= 15 is 0 Å². The number of aromatic nitrogens is 2. The predicted molar refractivity (Wildman–Crippen MR) is 85.0 cm³/mol. The fourth-order valence-corrected chi connectivity index (χ4v) is 3.86.